The molecular formula is C25H18Cl2N2O4S. The van der Waals surface area contributed by atoms with E-state index in [0.717, 1.165) is 15.5 Å². The maximum Gasteiger partial charge on any atom is 0.335 e. The van der Waals surface area contributed by atoms with Crippen molar-refractivity contribution in [1.82, 2.24) is 5.32 Å². The van der Waals surface area contributed by atoms with E-state index >= 15 is 0 Å². The summed E-state index contributed by atoms with van der Waals surface area (Å²) in [7, 11) is 0. The summed E-state index contributed by atoms with van der Waals surface area (Å²) >= 11 is 13.4. The summed E-state index contributed by atoms with van der Waals surface area (Å²) in [5, 5.41) is 3.36. The number of urea groups is 1. The Bertz CT molecular complexity index is 1240. The van der Waals surface area contributed by atoms with Crippen LogP contribution in [0.15, 0.2) is 83.3 Å². The number of imide groups is 2. The largest absolute Gasteiger partial charge is 0.493 e. The van der Waals surface area contributed by atoms with Gasteiger partial charge in [-0.15, -0.1) is 11.8 Å². The average Bonchev–Trinajstić information content (AvgIpc) is 2.82. The first-order valence-corrected chi connectivity index (χ1v) is 11.9. The number of nitrogens with zero attached hydrogens (tertiary/aromatic N) is 1. The van der Waals surface area contributed by atoms with Gasteiger partial charge in [0.15, 0.2) is 0 Å². The zero-order valence-corrected chi connectivity index (χ0v) is 20.0. The highest BCUT2D eigenvalue weighted by atomic mass is 35.5. The normalized spacial score (nSPS) is 14.9. The molecule has 0 spiro atoms. The van der Waals surface area contributed by atoms with Gasteiger partial charge in [0.25, 0.3) is 11.8 Å². The van der Waals surface area contributed by atoms with Crippen LogP contribution < -0.4 is 15.0 Å². The van der Waals surface area contributed by atoms with E-state index in [-0.39, 0.29) is 5.57 Å². The molecule has 6 nitrogen and oxygen atoms in total. The van der Waals surface area contributed by atoms with Crippen LogP contribution in [-0.4, -0.2) is 30.2 Å². The Morgan fingerprint density at radius 2 is 1.47 bits per heavy atom. The second-order valence-corrected chi connectivity index (χ2v) is 9.20. The van der Waals surface area contributed by atoms with Crippen molar-refractivity contribution in [2.75, 3.05) is 17.3 Å². The fraction of sp³-hybridized carbons (Fsp3) is 0.0800. The van der Waals surface area contributed by atoms with E-state index in [1.54, 1.807) is 48.2 Å². The van der Waals surface area contributed by atoms with E-state index in [1.807, 2.05) is 24.3 Å². The molecule has 1 aliphatic heterocycles. The SMILES string of the molecule is O=C1NC(=O)N(c2ccc(Cl)cc2)C(=O)/C1=C/c1ccc(OCCSc2ccc(Cl)cc2)cc1. The summed E-state index contributed by atoms with van der Waals surface area (Å²) in [5.41, 5.74) is 0.778. The third kappa shape index (κ3) is 5.80. The van der Waals surface area contributed by atoms with Crippen LogP contribution in [0.25, 0.3) is 6.08 Å². The predicted octanol–water partition coefficient (Wildman–Crippen LogP) is 5.83. The molecule has 0 aliphatic carbocycles. The molecule has 0 aromatic heterocycles. The third-order valence-corrected chi connectivity index (χ3v) is 6.29. The standard InChI is InChI=1S/C25H18Cl2N2O4S/c26-17-3-7-19(8-4-17)29-24(31)22(23(30)28-25(29)32)15-16-1-9-20(10-2-16)33-13-14-34-21-11-5-18(27)6-12-21/h1-12,15H,13-14H2,(H,28,30,32)/b22-15+. The summed E-state index contributed by atoms with van der Waals surface area (Å²) in [6.07, 6.45) is 1.44. The smallest absolute Gasteiger partial charge is 0.335 e. The molecule has 172 valence electrons. The number of barbiturate groups is 1. The predicted molar refractivity (Wildman–Crippen MR) is 135 cm³/mol. The summed E-state index contributed by atoms with van der Waals surface area (Å²) in [4.78, 5) is 39.5. The molecule has 4 amide bonds. The highest BCUT2D eigenvalue weighted by molar-refractivity contribution is 7.99. The maximum absolute atomic E-state index is 12.9. The Kier molecular flexibility index (Phi) is 7.57. The van der Waals surface area contributed by atoms with Gasteiger partial charge >= 0.3 is 6.03 Å². The summed E-state index contributed by atoms with van der Waals surface area (Å²) in [6.45, 7) is 0.507. The Hall–Kier alpha value is -3.26. The topological polar surface area (TPSA) is 75.7 Å². The molecule has 1 heterocycles. The Morgan fingerprint density at radius 3 is 2.12 bits per heavy atom. The highest BCUT2D eigenvalue weighted by Crippen LogP contribution is 2.24. The van der Waals surface area contributed by atoms with Gasteiger partial charge in [-0.05, 0) is 72.3 Å². The molecule has 34 heavy (non-hydrogen) atoms. The molecule has 1 aliphatic rings. The maximum atomic E-state index is 12.9. The molecule has 3 aromatic carbocycles. The average molecular weight is 513 g/mol. The van der Waals surface area contributed by atoms with Gasteiger partial charge in [0.2, 0.25) is 0 Å². The van der Waals surface area contributed by atoms with Crippen LogP contribution in [0.3, 0.4) is 0 Å². The van der Waals surface area contributed by atoms with Crippen LogP contribution in [-0.2, 0) is 9.59 Å². The van der Waals surface area contributed by atoms with E-state index in [4.69, 9.17) is 27.9 Å². The molecular weight excluding hydrogens is 495 g/mol. The monoisotopic (exact) mass is 512 g/mol. The van der Waals surface area contributed by atoms with Crippen molar-refractivity contribution in [2.45, 2.75) is 4.90 Å². The fourth-order valence-corrected chi connectivity index (χ4v) is 4.14. The first kappa shape index (κ1) is 23.9. The Labute approximate surface area is 210 Å². The van der Waals surface area contributed by atoms with E-state index in [2.05, 4.69) is 5.32 Å². The zero-order valence-electron chi connectivity index (χ0n) is 17.7. The minimum atomic E-state index is -0.810. The molecule has 3 aromatic rings. The number of nitrogens with one attached hydrogen (secondary N) is 1. The number of carbonyl (C=O) groups excluding carboxylic acids is 3. The third-order valence-electron chi connectivity index (χ3n) is 4.81. The quantitative estimate of drug-likeness (QED) is 0.186. The number of benzene rings is 3. The fourth-order valence-electron chi connectivity index (χ4n) is 3.16. The highest BCUT2D eigenvalue weighted by Gasteiger charge is 2.36. The molecule has 4 rings (SSSR count). The lowest BCUT2D eigenvalue weighted by atomic mass is 10.1. The lowest BCUT2D eigenvalue weighted by Crippen LogP contribution is -2.54. The van der Waals surface area contributed by atoms with Crippen molar-refractivity contribution in [2.24, 2.45) is 0 Å². The molecule has 0 unspecified atom stereocenters. The van der Waals surface area contributed by atoms with Crippen molar-refractivity contribution in [3.05, 3.63) is 94.0 Å². The summed E-state index contributed by atoms with van der Waals surface area (Å²) in [5.74, 6) is -0.0388. The van der Waals surface area contributed by atoms with Gasteiger partial charge in [-0.25, -0.2) is 9.69 Å². The van der Waals surface area contributed by atoms with Crippen LogP contribution in [0.5, 0.6) is 5.75 Å². The molecule has 1 saturated heterocycles. The van der Waals surface area contributed by atoms with Crippen molar-refractivity contribution >= 4 is 64.6 Å². The summed E-state index contributed by atoms with van der Waals surface area (Å²) in [6, 6.07) is 20.0. The van der Waals surface area contributed by atoms with E-state index in [1.165, 1.54) is 18.2 Å². The van der Waals surface area contributed by atoms with Gasteiger partial charge in [0.1, 0.15) is 11.3 Å². The second kappa shape index (κ2) is 10.8. The van der Waals surface area contributed by atoms with Crippen LogP contribution in [0.1, 0.15) is 5.56 Å². The summed E-state index contributed by atoms with van der Waals surface area (Å²) < 4.78 is 5.76. The van der Waals surface area contributed by atoms with E-state index in [0.29, 0.717) is 33.7 Å². The number of hydrogen-bond acceptors (Lipinski definition) is 5. The number of halogens is 2. The molecule has 1 N–H and O–H groups in total. The lowest BCUT2D eigenvalue weighted by Gasteiger charge is -2.26. The van der Waals surface area contributed by atoms with Crippen LogP contribution in [0.2, 0.25) is 10.0 Å². The van der Waals surface area contributed by atoms with Crippen LogP contribution >= 0.6 is 35.0 Å². The van der Waals surface area contributed by atoms with Crippen molar-refractivity contribution in [1.29, 1.82) is 0 Å². The molecule has 0 radical (unpaired) electrons. The molecule has 0 saturated carbocycles. The Balaban J connectivity index is 1.39. The van der Waals surface area contributed by atoms with Crippen LogP contribution in [0, 0.1) is 0 Å². The number of anilines is 1. The minimum Gasteiger partial charge on any atom is -0.493 e. The van der Waals surface area contributed by atoms with Gasteiger partial charge in [-0.2, -0.15) is 0 Å². The number of amides is 4. The van der Waals surface area contributed by atoms with Crippen molar-refractivity contribution in [3.63, 3.8) is 0 Å². The first-order valence-electron chi connectivity index (χ1n) is 10.2. The lowest BCUT2D eigenvalue weighted by molar-refractivity contribution is -0.122. The number of thioether (sulfide) groups is 1. The molecule has 0 atom stereocenters. The second-order valence-electron chi connectivity index (χ2n) is 7.15. The number of ether oxygens (including phenoxy) is 1. The first-order chi connectivity index (χ1) is 16.4. The number of hydrogen-bond donors (Lipinski definition) is 1. The van der Waals surface area contributed by atoms with Crippen LogP contribution in [0.4, 0.5) is 10.5 Å². The van der Waals surface area contributed by atoms with Gasteiger partial charge in [-0.3, -0.25) is 14.9 Å². The van der Waals surface area contributed by atoms with Gasteiger partial charge in [0.05, 0.1) is 12.3 Å². The Morgan fingerprint density at radius 1 is 0.853 bits per heavy atom. The van der Waals surface area contributed by atoms with E-state index in [9.17, 15) is 14.4 Å². The van der Waals surface area contributed by atoms with Gasteiger partial charge in [0, 0.05) is 20.7 Å². The van der Waals surface area contributed by atoms with Crippen molar-refractivity contribution < 1.29 is 19.1 Å². The van der Waals surface area contributed by atoms with E-state index < -0.39 is 17.8 Å². The van der Waals surface area contributed by atoms with Gasteiger partial charge in [-0.1, -0.05) is 35.3 Å². The minimum absolute atomic E-state index is 0.150. The molecule has 0 bridgehead atoms. The molecule has 1 fully saturated rings. The number of carbonyl (C=O) groups is 3. The molecule has 9 heteroatoms. The van der Waals surface area contributed by atoms with Crippen molar-refractivity contribution in [3.8, 4) is 5.75 Å². The zero-order chi connectivity index (χ0) is 24.1. The van der Waals surface area contributed by atoms with Gasteiger partial charge < -0.3 is 4.74 Å². The number of rotatable bonds is 7.